The van der Waals surface area contributed by atoms with Crippen LogP contribution >= 0.6 is 0 Å². The molecule has 2 atom stereocenters. The first-order valence-electron chi connectivity index (χ1n) is 11.3. The maximum absolute atomic E-state index is 11.7. The van der Waals surface area contributed by atoms with Crippen LogP contribution in [0.2, 0.25) is 0 Å². The molecule has 3 rings (SSSR count). The van der Waals surface area contributed by atoms with Gasteiger partial charge in [-0.25, -0.2) is 0 Å². The van der Waals surface area contributed by atoms with Crippen LogP contribution in [0.1, 0.15) is 25.0 Å². The van der Waals surface area contributed by atoms with Crippen molar-refractivity contribution in [2.75, 3.05) is 41.3 Å². The van der Waals surface area contributed by atoms with E-state index in [9.17, 15) is 9.59 Å². The Bertz CT molecular complexity index is 1010. The summed E-state index contributed by atoms with van der Waals surface area (Å²) in [5.74, 6) is 1.83. The van der Waals surface area contributed by atoms with Crippen LogP contribution in [0.15, 0.2) is 30.3 Å². The lowest BCUT2D eigenvalue weighted by atomic mass is 9.83. The second-order valence-corrected chi connectivity index (χ2v) is 8.25. The summed E-state index contributed by atoms with van der Waals surface area (Å²) in [6, 6.07) is 9.47. The molecule has 9 nitrogen and oxygen atoms in total. The van der Waals surface area contributed by atoms with E-state index in [1.165, 1.54) is 13.8 Å². The highest BCUT2D eigenvalue weighted by Crippen LogP contribution is 2.39. The third kappa shape index (κ3) is 6.94. The molecule has 190 valence electrons. The zero-order valence-electron chi connectivity index (χ0n) is 20.8. The Balaban J connectivity index is 1.92. The molecule has 1 aliphatic heterocycles. The minimum absolute atomic E-state index is 0.155. The van der Waals surface area contributed by atoms with E-state index >= 15 is 0 Å². The van der Waals surface area contributed by atoms with Crippen LogP contribution in [0.25, 0.3) is 0 Å². The minimum atomic E-state index is -0.380. The first kappa shape index (κ1) is 26.0. The van der Waals surface area contributed by atoms with Crippen LogP contribution in [0.3, 0.4) is 0 Å². The molecule has 0 saturated carbocycles. The Labute approximate surface area is 205 Å². The molecule has 0 saturated heterocycles. The minimum Gasteiger partial charge on any atom is -0.493 e. The van der Waals surface area contributed by atoms with Gasteiger partial charge in [0.2, 0.25) is 12.5 Å². The highest BCUT2D eigenvalue weighted by molar-refractivity contribution is 5.66. The van der Waals surface area contributed by atoms with Crippen molar-refractivity contribution in [2.24, 2.45) is 11.8 Å². The first-order chi connectivity index (χ1) is 16.8. The normalized spacial score (nSPS) is 13.5. The number of carbonyl (C=O) groups excluding carboxylic acids is 2. The summed E-state index contributed by atoms with van der Waals surface area (Å²) in [5.41, 5.74) is 1.89. The molecule has 0 amide bonds. The van der Waals surface area contributed by atoms with Gasteiger partial charge in [0.05, 0.1) is 34.5 Å². The van der Waals surface area contributed by atoms with Gasteiger partial charge < -0.3 is 33.2 Å². The fraction of sp³-hybridized carbons (Fsp3) is 0.462. The van der Waals surface area contributed by atoms with E-state index < -0.39 is 0 Å². The Hall–Kier alpha value is -3.62. The fourth-order valence-corrected chi connectivity index (χ4v) is 4.10. The summed E-state index contributed by atoms with van der Waals surface area (Å²) >= 11 is 0. The van der Waals surface area contributed by atoms with Crippen LogP contribution in [0.5, 0.6) is 28.7 Å². The number of esters is 2. The number of ether oxygens (including phenoxy) is 7. The van der Waals surface area contributed by atoms with Gasteiger partial charge in [0, 0.05) is 25.7 Å². The molecule has 0 N–H and O–H groups in total. The molecule has 9 heteroatoms. The van der Waals surface area contributed by atoms with Crippen molar-refractivity contribution < 1.29 is 42.7 Å². The molecule has 0 bridgehead atoms. The average molecular weight is 489 g/mol. The monoisotopic (exact) mass is 488 g/mol. The standard InChI is InChI=1S/C26H32O9/c1-16(27)32-13-20(8-18-6-7-22-23(10-18)35-15-34-22)21(14-33-17(2)28)9-19-11-24(29-3)26(31-5)25(12-19)30-4/h6-7,10-12,20-21H,8-9,13-15H2,1-5H3. The highest BCUT2D eigenvalue weighted by atomic mass is 16.7. The molecule has 35 heavy (non-hydrogen) atoms. The molecule has 1 aliphatic rings. The SMILES string of the molecule is COc1cc(CC(COC(C)=O)C(COC(C)=O)Cc2ccc3c(c2)OCO3)cc(OC)c1OC. The average Bonchev–Trinajstić information content (AvgIpc) is 3.31. The molecule has 0 spiro atoms. The van der Waals surface area contributed by atoms with Crippen molar-refractivity contribution in [1.29, 1.82) is 0 Å². The number of carbonyl (C=O) groups is 2. The van der Waals surface area contributed by atoms with Gasteiger partial charge in [-0.1, -0.05) is 6.07 Å². The lowest BCUT2D eigenvalue weighted by molar-refractivity contribution is -0.147. The van der Waals surface area contributed by atoms with E-state index in [0.717, 1.165) is 11.1 Å². The molecular weight excluding hydrogens is 456 g/mol. The number of benzene rings is 2. The Kier molecular flexibility index (Phi) is 9.05. The van der Waals surface area contributed by atoms with Gasteiger partial charge in [0.25, 0.3) is 0 Å². The first-order valence-corrected chi connectivity index (χ1v) is 11.3. The van der Waals surface area contributed by atoms with Crippen molar-refractivity contribution in [3.63, 3.8) is 0 Å². The molecule has 0 aromatic heterocycles. The third-order valence-electron chi connectivity index (χ3n) is 5.83. The van der Waals surface area contributed by atoms with Crippen molar-refractivity contribution in [1.82, 2.24) is 0 Å². The van der Waals surface area contributed by atoms with Crippen molar-refractivity contribution >= 4 is 11.9 Å². The largest absolute Gasteiger partial charge is 0.493 e. The van der Waals surface area contributed by atoms with Crippen molar-refractivity contribution in [3.8, 4) is 28.7 Å². The van der Waals surface area contributed by atoms with E-state index in [1.54, 1.807) is 21.3 Å². The summed E-state index contributed by atoms with van der Waals surface area (Å²) in [7, 11) is 4.66. The molecule has 2 aromatic carbocycles. The molecule has 1 heterocycles. The Morgan fingerprint density at radius 1 is 0.771 bits per heavy atom. The van der Waals surface area contributed by atoms with Gasteiger partial charge in [-0.2, -0.15) is 0 Å². The molecule has 0 fully saturated rings. The number of hydrogen-bond donors (Lipinski definition) is 0. The zero-order valence-corrected chi connectivity index (χ0v) is 20.8. The topological polar surface area (TPSA) is 98.8 Å². The zero-order chi connectivity index (χ0) is 25.4. The fourth-order valence-electron chi connectivity index (χ4n) is 4.10. The van der Waals surface area contributed by atoms with E-state index in [2.05, 4.69) is 0 Å². The Morgan fingerprint density at radius 2 is 1.31 bits per heavy atom. The van der Waals surface area contributed by atoms with Gasteiger partial charge in [0.1, 0.15) is 0 Å². The van der Waals surface area contributed by atoms with E-state index in [4.69, 9.17) is 33.2 Å². The summed E-state index contributed by atoms with van der Waals surface area (Å²) in [5, 5.41) is 0. The maximum Gasteiger partial charge on any atom is 0.302 e. The molecule has 2 aromatic rings. The van der Waals surface area contributed by atoms with Crippen molar-refractivity contribution in [3.05, 3.63) is 41.5 Å². The van der Waals surface area contributed by atoms with Gasteiger partial charge in [-0.05, 0) is 48.2 Å². The summed E-state index contributed by atoms with van der Waals surface area (Å²) in [4.78, 5) is 23.3. The summed E-state index contributed by atoms with van der Waals surface area (Å²) in [6.45, 7) is 3.25. The maximum atomic E-state index is 11.7. The number of hydrogen-bond acceptors (Lipinski definition) is 9. The van der Waals surface area contributed by atoms with Gasteiger partial charge >= 0.3 is 11.9 Å². The highest BCUT2D eigenvalue weighted by Gasteiger charge is 2.27. The molecule has 0 radical (unpaired) electrons. The molecule has 2 unspecified atom stereocenters. The van der Waals surface area contributed by atoms with Crippen LogP contribution in [-0.2, 0) is 31.9 Å². The Morgan fingerprint density at radius 3 is 1.83 bits per heavy atom. The van der Waals surface area contributed by atoms with E-state index in [1.807, 2.05) is 30.3 Å². The van der Waals surface area contributed by atoms with Crippen LogP contribution in [0.4, 0.5) is 0 Å². The molecular formula is C26H32O9. The lowest BCUT2D eigenvalue weighted by Gasteiger charge is -2.27. The quantitative estimate of drug-likeness (QED) is 0.415. The van der Waals surface area contributed by atoms with Crippen LogP contribution in [0, 0.1) is 11.8 Å². The van der Waals surface area contributed by atoms with Crippen LogP contribution < -0.4 is 23.7 Å². The summed E-state index contributed by atoms with van der Waals surface area (Å²) < 4.78 is 38.2. The number of methoxy groups -OCH3 is 3. The number of rotatable bonds is 12. The van der Waals surface area contributed by atoms with Crippen LogP contribution in [-0.4, -0.2) is 53.3 Å². The number of fused-ring (bicyclic) bond motifs is 1. The molecule has 0 aliphatic carbocycles. The van der Waals surface area contributed by atoms with E-state index in [0.29, 0.717) is 41.6 Å². The predicted octanol–water partition coefficient (Wildman–Crippen LogP) is 3.58. The third-order valence-corrected chi connectivity index (χ3v) is 5.83. The lowest BCUT2D eigenvalue weighted by Crippen LogP contribution is -2.29. The van der Waals surface area contributed by atoms with Gasteiger partial charge in [0.15, 0.2) is 23.0 Å². The second-order valence-electron chi connectivity index (χ2n) is 8.25. The summed E-state index contributed by atoms with van der Waals surface area (Å²) in [6.07, 6.45) is 1.08. The van der Waals surface area contributed by atoms with Crippen molar-refractivity contribution in [2.45, 2.75) is 26.7 Å². The predicted molar refractivity (Wildman–Crippen MR) is 126 cm³/mol. The second kappa shape index (κ2) is 12.2. The van der Waals surface area contributed by atoms with Gasteiger partial charge in [-0.3, -0.25) is 9.59 Å². The van der Waals surface area contributed by atoms with Gasteiger partial charge in [-0.15, -0.1) is 0 Å². The smallest absolute Gasteiger partial charge is 0.302 e. The van der Waals surface area contributed by atoms with E-state index in [-0.39, 0.29) is 43.8 Å².